The van der Waals surface area contributed by atoms with E-state index >= 15 is 0 Å². The van der Waals surface area contributed by atoms with Crippen LogP contribution in [0, 0.1) is 5.41 Å². The van der Waals surface area contributed by atoms with Gasteiger partial charge in [-0.15, -0.1) is 0 Å². The Morgan fingerprint density at radius 1 is 1.26 bits per heavy atom. The van der Waals surface area contributed by atoms with Gasteiger partial charge < -0.3 is 15.3 Å². The van der Waals surface area contributed by atoms with Crippen molar-refractivity contribution in [2.75, 3.05) is 13.1 Å². The lowest BCUT2D eigenvalue weighted by atomic mass is 9.76. The molecule has 2 N–H and O–H groups in total. The van der Waals surface area contributed by atoms with E-state index in [-0.39, 0.29) is 11.4 Å². The van der Waals surface area contributed by atoms with Crippen LogP contribution in [0.5, 0.6) is 0 Å². The van der Waals surface area contributed by atoms with Gasteiger partial charge >= 0.3 is 12.0 Å². The lowest BCUT2D eigenvalue weighted by Gasteiger charge is -2.34. The minimum Gasteiger partial charge on any atom is -0.480 e. The molecule has 0 aromatic heterocycles. The van der Waals surface area contributed by atoms with E-state index in [0.29, 0.717) is 19.5 Å². The summed E-state index contributed by atoms with van der Waals surface area (Å²) in [5.41, 5.74) is 0.187. The van der Waals surface area contributed by atoms with Crippen LogP contribution in [0.2, 0.25) is 0 Å². The summed E-state index contributed by atoms with van der Waals surface area (Å²) in [6.45, 7) is 3.43. The maximum atomic E-state index is 12.1. The molecule has 1 heterocycles. The van der Waals surface area contributed by atoms with Crippen molar-refractivity contribution in [3.05, 3.63) is 0 Å². The number of rotatable bonds is 3. The van der Waals surface area contributed by atoms with Gasteiger partial charge in [0, 0.05) is 13.1 Å². The highest BCUT2D eigenvalue weighted by Crippen LogP contribution is 2.35. The second kappa shape index (κ2) is 5.80. The van der Waals surface area contributed by atoms with Crippen molar-refractivity contribution >= 4 is 12.0 Å². The topological polar surface area (TPSA) is 69.6 Å². The van der Waals surface area contributed by atoms with Gasteiger partial charge in [-0.25, -0.2) is 9.59 Å². The molecular formula is C14H24N2O3. The number of carboxylic acid groups (broad SMARTS) is 1. The van der Waals surface area contributed by atoms with Crippen LogP contribution in [0.1, 0.15) is 51.9 Å². The fourth-order valence-corrected chi connectivity index (χ4v) is 3.24. The summed E-state index contributed by atoms with van der Waals surface area (Å²) < 4.78 is 0. The number of nitrogens with zero attached hydrogens (tertiary/aromatic N) is 1. The van der Waals surface area contributed by atoms with Gasteiger partial charge in [-0.3, -0.25) is 0 Å². The predicted octanol–water partition coefficient (Wildman–Crippen LogP) is 2.22. The largest absolute Gasteiger partial charge is 0.480 e. The number of carbonyl (C=O) groups is 2. The third-order valence-corrected chi connectivity index (χ3v) is 4.53. The minimum atomic E-state index is -0.892. The van der Waals surface area contributed by atoms with E-state index in [2.05, 4.69) is 12.2 Å². The van der Waals surface area contributed by atoms with Gasteiger partial charge in [0.1, 0.15) is 6.04 Å². The van der Waals surface area contributed by atoms with Crippen LogP contribution in [-0.2, 0) is 4.79 Å². The van der Waals surface area contributed by atoms with Crippen molar-refractivity contribution in [2.24, 2.45) is 5.41 Å². The Morgan fingerprint density at radius 3 is 2.58 bits per heavy atom. The maximum Gasteiger partial charge on any atom is 0.326 e. The van der Waals surface area contributed by atoms with Crippen molar-refractivity contribution in [1.29, 1.82) is 0 Å². The molecule has 5 nitrogen and oxygen atoms in total. The second-order valence-corrected chi connectivity index (χ2v) is 6.22. The monoisotopic (exact) mass is 268 g/mol. The normalized spacial score (nSPS) is 26.2. The highest BCUT2D eigenvalue weighted by Gasteiger charge is 2.35. The Morgan fingerprint density at radius 2 is 1.95 bits per heavy atom. The highest BCUT2D eigenvalue weighted by atomic mass is 16.4. The van der Waals surface area contributed by atoms with Gasteiger partial charge in [0.25, 0.3) is 0 Å². The van der Waals surface area contributed by atoms with Crippen LogP contribution in [-0.4, -0.2) is 41.1 Å². The molecule has 0 spiro atoms. The second-order valence-electron chi connectivity index (χ2n) is 6.22. The number of nitrogens with one attached hydrogen (secondary N) is 1. The lowest BCUT2D eigenvalue weighted by molar-refractivity contribution is -0.141. The summed E-state index contributed by atoms with van der Waals surface area (Å²) in [4.78, 5) is 24.6. The summed E-state index contributed by atoms with van der Waals surface area (Å²) in [6.07, 6.45) is 7.39. The molecule has 1 saturated heterocycles. The molecule has 2 amide bonds. The highest BCUT2D eigenvalue weighted by molar-refractivity contribution is 5.83. The molecule has 1 aliphatic heterocycles. The number of amides is 2. The average molecular weight is 268 g/mol. The van der Waals surface area contributed by atoms with E-state index in [1.54, 1.807) is 0 Å². The molecule has 1 atom stereocenters. The Balaban J connectivity index is 1.85. The molecule has 0 bridgehead atoms. The number of carbonyl (C=O) groups excluding carboxylic acids is 1. The van der Waals surface area contributed by atoms with E-state index in [4.69, 9.17) is 5.11 Å². The number of hydrogen-bond acceptors (Lipinski definition) is 2. The van der Waals surface area contributed by atoms with E-state index in [1.165, 1.54) is 24.2 Å². The van der Waals surface area contributed by atoms with Crippen molar-refractivity contribution in [3.63, 3.8) is 0 Å². The molecule has 108 valence electrons. The van der Waals surface area contributed by atoms with Gasteiger partial charge in [-0.05, 0) is 31.1 Å². The van der Waals surface area contributed by atoms with Gasteiger partial charge in [0.2, 0.25) is 0 Å². The van der Waals surface area contributed by atoms with E-state index in [1.807, 2.05) is 0 Å². The standard InChI is InChI=1S/C14H24N2O3/c1-14(7-3-2-4-8-14)10-15-13(19)16-9-5-6-11(16)12(17)18/h11H,2-10H2,1H3,(H,15,19)(H,17,18)/t11-/m1/s1. The number of aliphatic carboxylic acids is 1. The van der Waals surface area contributed by atoms with Crippen LogP contribution in [0.4, 0.5) is 4.79 Å². The molecule has 2 rings (SSSR count). The Hall–Kier alpha value is -1.26. The van der Waals surface area contributed by atoms with Crippen molar-refractivity contribution in [3.8, 4) is 0 Å². The molecule has 0 aromatic rings. The zero-order valence-electron chi connectivity index (χ0n) is 11.7. The predicted molar refractivity (Wildman–Crippen MR) is 72.0 cm³/mol. The summed E-state index contributed by atoms with van der Waals surface area (Å²) in [5, 5.41) is 12.0. The maximum absolute atomic E-state index is 12.1. The Bertz CT molecular complexity index is 351. The van der Waals surface area contributed by atoms with Crippen molar-refractivity contribution in [1.82, 2.24) is 10.2 Å². The van der Waals surface area contributed by atoms with Gasteiger partial charge in [-0.1, -0.05) is 26.2 Å². The number of urea groups is 1. The smallest absolute Gasteiger partial charge is 0.326 e. The first-order valence-electron chi connectivity index (χ1n) is 7.29. The molecule has 5 heteroatoms. The lowest BCUT2D eigenvalue weighted by Crippen LogP contribution is -2.48. The molecule has 0 radical (unpaired) electrons. The Kier molecular flexibility index (Phi) is 4.32. The number of likely N-dealkylation sites (tertiary alicyclic amines) is 1. The minimum absolute atomic E-state index is 0.187. The first-order valence-corrected chi connectivity index (χ1v) is 7.29. The van der Waals surface area contributed by atoms with Gasteiger partial charge in [0.15, 0.2) is 0 Å². The van der Waals surface area contributed by atoms with Crippen LogP contribution in [0.15, 0.2) is 0 Å². The zero-order valence-corrected chi connectivity index (χ0v) is 11.7. The van der Waals surface area contributed by atoms with E-state index < -0.39 is 12.0 Å². The molecule has 2 fully saturated rings. The number of carboxylic acids is 1. The quantitative estimate of drug-likeness (QED) is 0.824. The molecule has 1 aliphatic carbocycles. The third-order valence-electron chi connectivity index (χ3n) is 4.53. The SMILES string of the molecule is CC1(CNC(=O)N2CCC[C@@H]2C(=O)O)CCCCC1. The fraction of sp³-hybridized carbons (Fsp3) is 0.857. The van der Waals surface area contributed by atoms with Crippen LogP contribution in [0.3, 0.4) is 0 Å². The summed E-state index contributed by atoms with van der Waals surface area (Å²) in [5.74, 6) is -0.892. The molecule has 2 aliphatic rings. The van der Waals surface area contributed by atoms with E-state index in [0.717, 1.165) is 19.3 Å². The first kappa shape index (κ1) is 14.2. The van der Waals surface area contributed by atoms with Gasteiger partial charge in [-0.2, -0.15) is 0 Å². The fourth-order valence-electron chi connectivity index (χ4n) is 3.24. The average Bonchev–Trinajstić information content (AvgIpc) is 2.86. The molecule has 0 aromatic carbocycles. The molecular weight excluding hydrogens is 244 g/mol. The van der Waals surface area contributed by atoms with Crippen LogP contribution < -0.4 is 5.32 Å². The zero-order chi connectivity index (χ0) is 13.9. The van der Waals surface area contributed by atoms with Crippen LogP contribution in [0.25, 0.3) is 0 Å². The summed E-state index contributed by atoms with van der Waals surface area (Å²) in [6, 6.07) is -0.851. The van der Waals surface area contributed by atoms with Crippen LogP contribution >= 0.6 is 0 Å². The third kappa shape index (κ3) is 3.39. The first-order chi connectivity index (χ1) is 9.02. The van der Waals surface area contributed by atoms with Crippen molar-refractivity contribution < 1.29 is 14.7 Å². The van der Waals surface area contributed by atoms with E-state index in [9.17, 15) is 9.59 Å². The molecule has 19 heavy (non-hydrogen) atoms. The summed E-state index contributed by atoms with van der Waals surface area (Å²) in [7, 11) is 0. The molecule has 0 unspecified atom stereocenters. The van der Waals surface area contributed by atoms with Gasteiger partial charge in [0.05, 0.1) is 0 Å². The number of hydrogen-bond donors (Lipinski definition) is 2. The summed E-state index contributed by atoms with van der Waals surface area (Å²) >= 11 is 0. The molecule has 1 saturated carbocycles. The van der Waals surface area contributed by atoms with Crippen molar-refractivity contribution in [2.45, 2.75) is 57.9 Å². The Labute approximate surface area is 114 Å².